The molecule has 0 radical (unpaired) electrons. The summed E-state index contributed by atoms with van der Waals surface area (Å²) in [6.45, 7) is 6.16. The van der Waals surface area contributed by atoms with E-state index in [0.29, 0.717) is 5.75 Å². The van der Waals surface area contributed by atoms with Crippen molar-refractivity contribution in [2.75, 3.05) is 12.0 Å². The van der Waals surface area contributed by atoms with Crippen LogP contribution in [0.25, 0.3) is 11.0 Å². The van der Waals surface area contributed by atoms with Crippen molar-refractivity contribution in [2.45, 2.75) is 38.6 Å². The second-order valence-corrected chi connectivity index (χ2v) is 7.57. The number of halogens is 1. The molecule has 0 saturated carbocycles. The fourth-order valence-electron chi connectivity index (χ4n) is 2.43. The highest BCUT2D eigenvalue weighted by Crippen LogP contribution is 2.29. The minimum Gasteiger partial charge on any atom is -0.324 e. The van der Waals surface area contributed by atoms with Crippen molar-refractivity contribution in [1.82, 2.24) is 9.55 Å². The largest absolute Gasteiger partial charge is 0.324 e. The molecule has 5 heteroatoms. The standard InChI is InChI=1S/C15H21ClN2OS/c1-10-5-6-13-14(9-10)18(15(17-13)12(3)16)11(2)7-8-20(4)19/h5-6,9,11-12H,7-8H2,1-4H3. The second-order valence-electron chi connectivity index (χ2n) is 5.36. The van der Waals surface area contributed by atoms with Crippen LogP contribution in [0.3, 0.4) is 0 Å². The van der Waals surface area contributed by atoms with Crippen molar-refractivity contribution < 1.29 is 4.21 Å². The molecule has 3 atom stereocenters. The van der Waals surface area contributed by atoms with E-state index in [1.54, 1.807) is 6.26 Å². The predicted molar refractivity (Wildman–Crippen MR) is 87.0 cm³/mol. The predicted octanol–water partition coefficient (Wildman–Crippen LogP) is 3.97. The van der Waals surface area contributed by atoms with Crippen molar-refractivity contribution in [3.63, 3.8) is 0 Å². The van der Waals surface area contributed by atoms with Crippen LogP contribution in [-0.4, -0.2) is 25.8 Å². The molecular weight excluding hydrogens is 292 g/mol. The first-order valence-corrected chi connectivity index (χ1v) is 8.99. The summed E-state index contributed by atoms with van der Waals surface area (Å²) in [5, 5.41) is -0.141. The molecule has 0 bridgehead atoms. The normalized spacial score (nSPS) is 16.2. The van der Waals surface area contributed by atoms with Gasteiger partial charge in [0.1, 0.15) is 5.82 Å². The fraction of sp³-hybridized carbons (Fsp3) is 0.533. The lowest BCUT2D eigenvalue weighted by Crippen LogP contribution is -2.12. The Morgan fingerprint density at radius 1 is 1.40 bits per heavy atom. The van der Waals surface area contributed by atoms with Crippen LogP contribution in [0.2, 0.25) is 0 Å². The molecule has 0 spiro atoms. The van der Waals surface area contributed by atoms with Crippen LogP contribution in [0.15, 0.2) is 18.2 Å². The zero-order valence-corrected chi connectivity index (χ0v) is 14.0. The van der Waals surface area contributed by atoms with Gasteiger partial charge in [-0.1, -0.05) is 6.07 Å². The second kappa shape index (κ2) is 6.27. The zero-order valence-electron chi connectivity index (χ0n) is 12.4. The average Bonchev–Trinajstić information content (AvgIpc) is 2.74. The lowest BCUT2D eigenvalue weighted by molar-refractivity contribution is 0.523. The summed E-state index contributed by atoms with van der Waals surface area (Å²) in [6, 6.07) is 6.48. The maximum Gasteiger partial charge on any atom is 0.127 e. The van der Waals surface area contributed by atoms with E-state index in [-0.39, 0.29) is 11.4 Å². The third-order valence-electron chi connectivity index (χ3n) is 3.49. The molecular formula is C15H21ClN2OS. The summed E-state index contributed by atoms with van der Waals surface area (Å²) in [6.07, 6.45) is 2.60. The van der Waals surface area contributed by atoms with Crippen molar-refractivity contribution in [3.8, 4) is 0 Å². The van der Waals surface area contributed by atoms with Gasteiger partial charge in [0.15, 0.2) is 0 Å². The molecule has 0 aliphatic heterocycles. The molecule has 0 fully saturated rings. The smallest absolute Gasteiger partial charge is 0.127 e. The average molecular weight is 313 g/mol. The first-order valence-electron chi connectivity index (χ1n) is 6.82. The van der Waals surface area contributed by atoms with Gasteiger partial charge >= 0.3 is 0 Å². The van der Waals surface area contributed by atoms with Gasteiger partial charge in [0.25, 0.3) is 0 Å². The Bertz CT molecular complexity index is 636. The van der Waals surface area contributed by atoms with E-state index >= 15 is 0 Å². The third-order valence-corrected chi connectivity index (χ3v) is 4.50. The Balaban J connectivity index is 2.49. The first kappa shape index (κ1) is 15.5. The van der Waals surface area contributed by atoms with Crippen LogP contribution in [-0.2, 0) is 10.8 Å². The molecule has 2 rings (SSSR count). The molecule has 1 aromatic heterocycles. The van der Waals surface area contributed by atoms with Gasteiger partial charge in [0.2, 0.25) is 0 Å². The van der Waals surface area contributed by atoms with Gasteiger partial charge in [-0.3, -0.25) is 4.21 Å². The summed E-state index contributed by atoms with van der Waals surface area (Å²) in [5.74, 6) is 1.59. The SMILES string of the molecule is Cc1ccc2nc(C(C)Cl)n(C(C)CCS(C)=O)c2c1. The molecule has 0 aliphatic carbocycles. The molecule has 0 aliphatic rings. The van der Waals surface area contributed by atoms with E-state index in [1.165, 1.54) is 5.56 Å². The minimum absolute atomic E-state index is 0.141. The highest BCUT2D eigenvalue weighted by atomic mass is 35.5. The number of imidazole rings is 1. The molecule has 3 unspecified atom stereocenters. The van der Waals surface area contributed by atoms with Crippen LogP contribution in [0.1, 0.15) is 43.1 Å². The van der Waals surface area contributed by atoms with Gasteiger partial charge < -0.3 is 4.57 Å². The van der Waals surface area contributed by atoms with Crippen LogP contribution in [0, 0.1) is 6.92 Å². The van der Waals surface area contributed by atoms with Crippen molar-refractivity contribution in [2.24, 2.45) is 0 Å². The Kier molecular flexibility index (Phi) is 4.86. The van der Waals surface area contributed by atoms with Gasteiger partial charge in [0.05, 0.1) is 16.4 Å². The third kappa shape index (κ3) is 3.23. The zero-order chi connectivity index (χ0) is 14.9. The molecule has 110 valence electrons. The van der Waals surface area contributed by atoms with E-state index in [0.717, 1.165) is 23.3 Å². The fourth-order valence-corrected chi connectivity index (χ4v) is 3.26. The summed E-state index contributed by atoms with van der Waals surface area (Å²) in [4.78, 5) is 4.66. The number of alkyl halides is 1. The molecule has 1 heterocycles. The quantitative estimate of drug-likeness (QED) is 0.783. The summed E-state index contributed by atoms with van der Waals surface area (Å²) < 4.78 is 13.5. The number of rotatable bonds is 5. The molecule has 20 heavy (non-hydrogen) atoms. The van der Waals surface area contributed by atoms with Gasteiger partial charge in [-0.2, -0.15) is 0 Å². The van der Waals surface area contributed by atoms with Crippen molar-refractivity contribution in [3.05, 3.63) is 29.6 Å². The van der Waals surface area contributed by atoms with E-state index in [4.69, 9.17) is 11.6 Å². The Morgan fingerprint density at radius 2 is 2.10 bits per heavy atom. The van der Waals surface area contributed by atoms with E-state index in [2.05, 4.69) is 35.5 Å². The molecule has 0 amide bonds. The Hall–Kier alpha value is -0.870. The molecule has 0 saturated heterocycles. The number of aryl methyl sites for hydroxylation is 1. The van der Waals surface area contributed by atoms with Crippen LogP contribution in [0.5, 0.6) is 0 Å². The van der Waals surface area contributed by atoms with Gasteiger partial charge in [-0.05, 0) is 44.9 Å². The van der Waals surface area contributed by atoms with Crippen molar-refractivity contribution in [1.29, 1.82) is 0 Å². The number of hydrogen-bond donors (Lipinski definition) is 0. The number of hydrogen-bond acceptors (Lipinski definition) is 2. The van der Waals surface area contributed by atoms with Gasteiger partial charge in [0, 0.05) is 28.9 Å². The van der Waals surface area contributed by atoms with Crippen LogP contribution < -0.4 is 0 Å². The Labute approximate surface area is 127 Å². The summed E-state index contributed by atoms with van der Waals surface area (Å²) in [5.41, 5.74) is 3.29. The summed E-state index contributed by atoms with van der Waals surface area (Å²) >= 11 is 6.28. The topological polar surface area (TPSA) is 34.9 Å². The van der Waals surface area contributed by atoms with E-state index in [9.17, 15) is 4.21 Å². The lowest BCUT2D eigenvalue weighted by Gasteiger charge is -2.18. The van der Waals surface area contributed by atoms with E-state index < -0.39 is 10.8 Å². The maximum atomic E-state index is 11.3. The maximum absolute atomic E-state index is 11.3. The van der Waals surface area contributed by atoms with E-state index in [1.807, 2.05) is 13.0 Å². The number of benzene rings is 1. The molecule has 0 N–H and O–H groups in total. The molecule has 1 aromatic carbocycles. The first-order chi connectivity index (χ1) is 9.40. The lowest BCUT2D eigenvalue weighted by atomic mass is 10.2. The Morgan fingerprint density at radius 3 is 2.70 bits per heavy atom. The van der Waals surface area contributed by atoms with Crippen LogP contribution in [0.4, 0.5) is 0 Å². The number of aromatic nitrogens is 2. The number of nitrogens with zero attached hydrogens (tertiary/aromatic N) is 2. The molecule has 2 aromatic rings. The monoisotopic (exact) mass is 312 g/mol. The van der Waals surface area contributed by atoms with Crippen LogP contribution >= 0.6 is 11.6 Å². The van der Waals surface area contributed by atoms with Crippen molar-refractivity contribution >= 4 is 33.4 Å². The number of fused-ring (bicyclic) bond motifs is 1. The molecule has 3 nitrogen and oxygen atoms in total. The highest BCUT2D eigenvalue weighted by Gasteiger charge is 2.19. The highest BCUT2D eigenvalue weighted by molar-refractivity contribution is 7.84. The minimum atomic E-state index is -0.770. The van der Waals surface area contributed by atoms with Gasteiger partial charge in [-0.25, -0.2) is 4.98 Å². The summed E-state index contributed by atoms with van der Waals surface area (Å²) in [7, 11) is -0.770. The van der Waals surface area contributed by atoms with Gasteiger partial charge in [-0.15, -0.1) is 11.6 Å².